The summed E-state index contributed by atoms with van der Waals surface area (Å²) in [6.07, 6.45) is 13.4. The molecule has 2 bridgehead atoms. The minimum absolute atomic E-state index is 0.368. The molecule has 1 aromatic heterocycles. The van der Waals surface area contributed by atoms with Crippen molar-refractivity contribution in [1.82, 2.24) is 14.7 Å². The smallest absolute Gasteiger partial charge is 0.223 e. The fourth-order valence-electron chi connectivity index (χ4n) is 4.73. The molecule has 22 heavy (non-hydrogen) atoms. The van der Waals surface area contributed by atoms with Gasteiger partial charge in [0, 0.05) is 38.3 Å². The van der Waals surface area contributed by atoms with Crippen LogP contribution in [0.5, 0.6) is 0 Å². The molecule has 3 unspecified atom stereocenters. The van der Waals surface area contributed by atoms with E-state index in [1.54, 1.807) is 0 Å². The molecule has 0 aromatic carbocycles. The van der Waals surface area contributed by atoms with Crippen LogP contribution >= 0.6 is 0 Å². The molecule has 3 atom stereocenters. The van der Waals surface area contributed by atoms with Crippen LogP contribution in [0.3, 0.4) is 0 Å². The predicted molar refractivity (Wildman–Crippen MR) is 85.9 cm³/mol. The van der Waals surface area contributed by atoms with Gasteiger partial charge in [-0.1, -0.05) is 12.5 Å². The third kappa shape index (κ3) is 2.59. The SMILES string of the molecule is Cn1cc(C2=CCCN(C(=O)CC3CC4CCC3C4)C2)cn1. The molecule has 1 aliphatic heterocycles. The van der Waals surface area contributed by atoms with E-state index in [2.05, 4.69) is 16.1 Å². The number of nitrogens with zero attached hydrogens (tertiary/aromatic N) is 3. The first-order valence-corrected chi connectivity index (χ1v) is 8.65. The van der Waals surface area contributed by atoms with Crippen LogP contribution in [-0.2, 0) is 11.8 Å². The van der Waals surface area contributed by atoms with Gasteiger partial charge in [0.25, 0.3) is 0 Å². The molecule has 2 fully saturated rings. The van der Waals surface area contributed by atoms with E-state index in [1.807, 2.05) is 24.1 Å². The lowest BCUT2D eigenvalue weighted by atomic mass is 9.86. The summed E-state index contributed by atoms with van der Waals surface area (Å²) in [5.74, 6) is 2.80. The average Bonchev–Trinajstić information content (AvgIpc) is 3.24. The summed E-state index contributed by atoms with van der Waals surface area (Å²) in [5, 5.41) is 4.24. The molecule has 0 radical (unpaired) electrons. The molecule has 2 saturated carbocycles. The third-order valence-corrected chi connectivity index (χ3v) is 5.90. The molecule has 4 nitrogen and oxygen atoms in total. The third-order valence-electron chi connectivity index (χ3n) is 5.90. The number of fused-ring (bicyclic) bond motifs is 2. The van der Waals surface area contributed by atoms with Gasteiger partial charge in [0.1, 0.15) is 0 Å². The van der Waals surface area contributed by atoms with Crippen LogP contribution in [0, 0.1) is 17.8 Å². The van der Waals surface area contributed by atoms with E-state index in [0.717, 1.165) is 43.3 Å². The van der Waals surface area contributed by atoms with E-state index in [9.17, 15) is 4.79 Å². The Morgan fingerprint density at radius 1 is 1.36 bits per heavy atom. The minimum atomic E-state index is 0.368. The standard InChI is InChI=1S/C18H25N3O/c1-20-11-17(10-19-20)15-3-2-6-21(12-15)18(22)9-16-8-13-4-5-14(16)7-13/h3,10-11,13-14,16H,2,4-9,12H2,1H3. The highest BCUT2D eigenvalue weighted by Crippen LogP contribution is 2.49. The Morgan fingerprint density at radius 3 is 2.95 bits per heavy atom. The normalized spacial score (nSPS) is 30.7. The number of aryl methyl sites for hydroxylation is 1. The Hall–Kier alpha value is -1.58. The van der Waals surface area contributed by atoms with Gasteiger partial charge < -0.3 is 4.90 Å². The van der Waals surface area contributed by atoms with Crippen LogP contribution in [0.4, 0.5) is 0 Å². The van der Waals surface area contributed by atoms with E-state index in [4.69, 9.17) is 0 Å². The average molecular weight is 299 g/mol. The fourth-order valence-corrected chi connectivity index (χ4v) is 4.73. The lowest BCUT2D eigenvalue weighted by molar-refractivity contribution is -0.132. The molecule has 0 saturated heterocycles. The van der Waals surface area contributed by atoms with Crippen molar-refractivity contribution in [1.29, 1.82) is 0 Å². The van der Waals surface area contributed by atoms with Crippen LogP contribution in [0.2, 0.25) is 0 Å². The van der Waals surface area contributed by atoms with Gasteiger partial charge in [-0.2, -0.15) is 5.10 Å². The molecule has 0 spiro atoms. The molecule has 1 aromatic rings. The quantitative estimate of drug-likeness (QED) is 0.861. The number of amides is 1. The summed E-state index contributed by atoms with van der Waals surface area (Å²) in [6, 6.07) is 0. The van der Waals surface area contributed by atoms with Crippen molar-refractivity contribution in [2.45, 2.75) is 38.5 Å². The van der Waals surface area contributed by atoms with Crippen LogP contribution in [0.25, 0.3) is 5.57 Å². The monoisotopic (exact) mass is 299 g/mol. The maximum Gasteiger partial charge on any atom is 0.223 e. The van der Waals surface area contributed by atoms with E-state index in [1.165, 1.54) is 31.3 Å². The predicted octanol–water partition coefficient (Wildman–Crippen LogP) is 2.86. The molecule has 2 aliphatic carbocycles. The summed E-state index contributed by atoms with van der Waals surface area (Å²) in [4.78, 5) is 14.8. The van der Waals surface area contributed by atoms with Crippen LogP contribution in [0.1, 0.15) is 44.1 Å². The van der Waals surface area contributed by atoms with E-state index < -0.39 is 0 Å². The highest BCUT2D eigenvalue weighted by molar-refractivity contribution is 5.80. The topological polar surface area (TPSA) is 38.1 Å². The van der Waals surface area contributed by atoms with Gasteiger partial charge in [-0.25, -0.2) is 0 Å². The first kappa shape index (κ1) is 14.0. The molecule has 2 heterocycles. The van der Waals surface area contributed by atoms with Crippen molar-refractivity contribution < 1.29 is 4.79 Å². The number of carbonyl (C=O) groups is 1. The molecule has 3 aliphatic rings. The Labute approximate surface area is 132 Å². The first-order valence-electron chi connectivity index (χ1n) is 8.65. The maximum atomic E-state index is 12.7. The molecule has 0 N–H and O–H groups in total. The Balaban J connectivity index is 1.38. The zero-order valence-electron chi connectivity index (χ0n) is 13.4. The minimum Gasteiger partial charge on any atom is -0.338 e. The van der Waals surface area contributed by atoms with Crippen molar-refractivity contribution in [2.75, 3.05) is 13.1 Å². The summed E-state index contributed by atoms with van der Waals surface area (Å²) in [7, 11) is 1.94. The number of carbonyl (C=O) groups excluding carboxylic acids is 1. The number of hydrogen-bond acceptors (Lipinski definition) is 2. The van der Waals surface area contributed by atoms with Gasteiger partial charge in [0.15, 0.2) is 0 Å². The number of rotatable bonds is 3. The van der Waals surface area contributed by atoms with Crippen molar-refractivity contribution in [2.24, 2.45) is 24.8 Å². The van der Waals surface area contributed by atoms with E-state index >= 15 is 0 Å². The van der Waals surface area contributed by atoms with Crippen LogP contribution in [0.15, 0.2) is 18.5 Å². The van der Waals surface area contributed by atoms with Crippen LogP contribution < -0.4 is 0 Å². The van der Waals surface area contributed by atoms with Gasteiger partial charge >= 0.3 is 0 Å². The van der Waals surface area contributed by atoms with Crippen molar-refractivity contribution >= 4 is 11.5 Å². The molecule has 1 amide bonds. The highest BCUT2D eigenvalue weighted by atomic mass is 16.2. The summed E-state index contributed by atoms with van der Waals surface area (Å²) < 4.78 is 1.83. The summed E-state index contributed by atoms with van der Waals surface area (Å²) >= 11 is 0. The number of aromatic nitrogens is 2. The molecular weight excluding hydrogens is 274 g/mol. The van der Waals surface area contributed by atoms with E-state index in [-0.39, 0.29) is 0 Å². The second-order valence-electron chi connectivity index (χ2n) is 7.38. The molecular formula is C18H25N3O. The second kappa shape index (κ2) is 5.56. The van der Waals surface area contributed by atoms with Crippen molar-refractivity contribution in [3.8, 4) is 0 Å². The largest absolute Gasteiger partial charge is 0.338 e. The Morgan fingerprint density at radius 2 is 2.27 bits per heavy atom. The number of hydrogen-bond donors (Lipinski definition) is 0. The Bertz CT molecular complexity index is 603. The summed E-state index contributed by atoms with van der Waals surface area (Å²) in [6.45, 7) is 1.63. The Kier molecular flexibility index (Phi) is 3.55. The second-order valence-corrected chi connectivity index (χ2v) is 7.38. The van der Waals surface area contributed by atoms with Gasteiger partial charge in [-0.15, -0.1) is 0 Å². The molecule has 118 valence electrons. The maximum absolute atomic E-state index is 12.7. The van der Waals surface area contributed by atoms with Gasteiger partial charge in [-0.05, 0) is 49.0 Å². The van der Waals surface area contributed by atoms with Gasteiger partial charge in [0.05, 0.1) is 6.20 Å². The lowest BCUT2D eigenvalue weighted by Crippen LogP contribution is -2.37. The highest BCUT2D eigenvalue weighted by Gasteiger charge is 2.40. The molecule has 4 heteroatoms. The lowest BCUT2D eigenvalue weighted by Gasteiger charge is -2.30. The zero-order valence-corrected chi connectivity index (χ0v) is 13.4. The van der Waals surface area contributed by atoms with Crippen molar-refractivity contribution in [3.05, 3.63) is 24.0 Å². The van der Waals surface area contributed by atoms with Crippen LogP contribution in [-0.4, -0.2) is 33.7 Å². The van der Waals surface area contributed by atoms with E-state index in [0.29, 0.717) is 11.8 Å². The summed E-state index contributed by atoms with van der Waals surface area (Å²) in [5.41, 5.74) is 2.40. The van der Waals surface area contributed by atoms with Gasteiger partial charge in [-0.3, -0.25) is 9.48 Å². The fraction of sp³-hybridized carbons (Fsp3) is 0.667. The first-order chi connectivity index (χ1) is 10.7. The zero-order chi connectivity index (χ0) is 15.1. The van der Waals surface area contributed by atoms with Crippen molar-refractivity contribution in [3.63, 3.8) is 0 Å². The molecule has 4 rings (SSSR count). The van der Waals surface area contributed by atoms with Gasteiger partial charge in [0.2, 0.25) is 5.91 Å².